The van der Waals surface area contributed by atoms with E-state index in [0.29, 0.717) is 0 Å². The van der Waals surface area contributed by atoms with Gasteiger partial charge in [0.05, 0.1) is 20.3 Å². The number of rotatable bonds is 10. The molecule has 0 spiro atoms. The van der Waals surface area contributed by atoms with Gasteiger partial charge < -0.3 is 29.5 Å². The van der Waals surface area contributed by atoms with Crippen molar-refractivity contribution in [3.05, 3.63) is 23.8 Å². The van der Waals surface area contributed by atoms with Gasteiger partial charge in [0.2, 0.25) is 11.8 Å². The van der Waals surface area contributed by atoms with E-state index in [1.54, 1.807) is 0 Å². The summed E-state index contributed by atoms with van der Waals surface area (Å²) in [6.45, 7) is 1.94. The quantitative estimate of drug-likeness (QED) is 0.593. The van der Waals surface area contributed by atoms with Gasteiger partial charge in [0.25, 0.3) is 0 Å². The van der Waals surface area contributed by atoms with Crippen molar-refractivity contribution in [2.45, 2.75) is 32.3 Å². The van der Waals surface area contributed by atoms with Crippen LogP contribution >= 0.6 is 0 Å². The highest BCUT2D eigenvalue weighted by Crippen LogP contribution is 2.28. The number of amides is 2. The van der Waals surface area contributed by atoms with Crippen LogP contribution in [0.25, 0.3) is 0 Å². The zero-order chi connectivity index (χ0) is 22.2. The lowest BCUT2D eigenvalue weighted by atomic mass is 9.99. The molecule has 1 rings (SSSR count). The molecule has 0 aliphatic heterocycles. The van der Waals surface area contributed by atoms with E-state index in [4.69, 9.17) is 9.47 Å². The molecular formula is C18H25F3N2O6. The fraction of sp³-hybridized carbons (Fsp3) is 0.556. The highest BCUT2D eigenvalue weighted by Gasteiger charge is 2.40. The summed E-state index contributed by atoms with van der Waals surface area (Å²) in [5.41, 5.74) is -1.38. The molecule has 0 aliphatic carbocycles. The predicted molar refractivity (Wildman–Crippen MR) is 96.3 cm³/mol. The molecule has 2 N–H and O–H groups in total. The Morgan fingerprint density at radius 2 is 1.90 bits per heavy atom. The zero-order valence-corrected chi connectivity index (χ0v) is 16.6. The Kier molecular flexibility index (Phi) is 8.71. The summed E-state index contributed by atoms with van der Waals surface area (Å²) in [6.07, 6.45) is -4.87. The van der Waals surface area contributed by atoms with Crippen LogP contribution in [-0.4, -0.2) is 67.7 Å². The number of nitrogens with zero attached hydrogens (tertiary/aromatic N) is 1. The Morgan fingerprint density at radius 3 is 2.38 bits per heavy atom. The molecule has 0 fully saturated rings. The summed E-state index contributed by atoms with van der Waals surface area (Å²) in [5, 5.41) is 12.3. The molecular weight excluding hydrogens is 397 g/mol. The number of methoxy groups -OCH3 is 2. The summed E-state index contributed by atoms with van der Waals surface area (Å²) in [7, 11) is 2.75. The summed E-state index contributed by atoms with van der Waals surface area (Å²) >= 11 is 0. The number of nitrogens with one attached hydrogen (secondary N) is 1. The molecule has 2 amide bonds. The summed E-state index contributed by atoms with van der Waals surface area (Å²) < 4.78 is 51.2. The Balaban J connectivity index is 3.03. The van der Waals surface area contributed by atoms with Gasteiger partial charge in [0.1, 0.15) is 17.0 Å². The lowest BCUT2D eigenvalue weighted by Crippen LogP contribution is -2.61. The van der Waals surface area contributed by atoms with Crippen molar-refractivity contribution in [1.29, 1.82) is 0 Å². The molecule has 0 saturated heterocycles. The maximum atomic E-state index is 12.7. The van der Waals surface area contributed by atoms with E-state index in [0.717, 1.165) is 17.0 Å². The van der Waals surface area contributed by atoms with Gasteiger partial charge in [-0.1, -0.05) is 0 Å². The monoisotopic (exact) mass is 422 g/mol. The van der Waals surface area contributed by atoms with Gasteiger partial charge in [0, 0.05) is 32.7 Å². The molecule has 29 heavy (non-hydrogen) atoms. The van der Waals surface area contributed by atoms with E-state index in [9.17, 15) is 27.9 Å². The van der Waals surface area contributed by atoms with Gasteiger partial charge >= 0.3 is 6.36 Å². The van der Waals surface area contributed by atoms with Crippen LogP contribution in [0.2, 0.25) is 0 Å². The van der Waals surface area contributed by atoms with E-state index in [1.807, 2.05) is 0 Å². The van der Waals surface area contributed by atoms with Gasteiger partial charge in [-0.25, -0.2) is 0 Å². The lowest BCUT2D eigenvalue weighted by Gasteiger charge is -2.38. The number of carbonyl (C=O) groups excluding carboxylic acids is 2. The summed E-state index contributed by atoms with van der Waals surface area (Å²) in [4.78, 5) is 25.8. The van der Waals surface area contributed by atoms with Crippen molar-refractivity contribution in [3.8, 4) is 11.5 Å². The second-order valence-corrected chi connectivity index (χ2v) is 6.30. The molecule has 11 heteroatoms. The summed E-state index contributed by atoms with van der Waals surface area (Å²) in [6, 6.07) is 3.43. The largest absolute Gasteiger partial charge is 0.573 e. The highest BCUT2D eigenvalue weighted by atomic mass is 19.4. The van der Waals surface area contributed by atoms with Gasteiger partial charge in [-0.05, 0) is 25.1 Å². The smallest absolute Gasteiger partial charge is 0.496 e. The number of halogens is 3. The molecule has 0 aliphatic rings. The van der Waals surface area contributed by atoms with E-state index in [2.05, 4.69) is 10.1 Å². The SMILES string of the molecule is COCCN(C(C)=O)C(C)(CO)C(=O)NCc1cc(OC(F)(F)F)ccc1OC. The van der Waals surface area contributed by atoms with Crippen LogP contribution in [0, 0.1) is 0 Å². The summed E-state index contributed by atoms with van der Waals surface area (Å²) in [5.74, 6) is -1.39. The molecule has 1 aromatic rings. The third kappa shape index (κ3) is 6.79. The fourth-order valence-electron chi connectivity index (χ4n) is 2.67. The van der Waals surface area contributed by atoms with Crippen LogP contribution in [-0.2, 0) is 20.9 Å². The van der Waals surface area contributed by atoms with Crippen molar-refractivity contribution in [2.24, 2.45) is 0 Å². The highest BCUT2D eigenvalue weighted by molar-refractivity contribution is 5.90. The first kappa shape index (κ1) is 24.5. The zero-order valence-electron chi connectivity index (χ0n) is 16.6. The number of carbonyl (C=O) groups is 2. The van der Waals surface area contributed by atoms with Crippen LogP contribution < -0.4 is 14.8 Å². The van der Waals surface area contributed by atoms with Crippen LogP contribution in [0.15, 0.2) is 18.2 Å². The van der Waals surface area contributed by atoms with E-state index in [-0.39, 0.29) is 31.0 Å². The van der Waals surface area contributed by atoms with Crippen LogP contribution in [0.1, 0.15) is 19.4 Å². The topological polar surface area (TPSA) is 97.3 Å². The second kappa shape index (κ2) is 10.3. The second-order valence-electron chi connectivity index (χ2n) is 6.30. The van der Waals surface area contributed by atoms with Gasteiger partial charge in [-0.3, -0.25) is 9.59 Å². The number of alkyl halides is 3. The van der Waals surface area contributed by atoms with Gasteiger partial charge in [-0.15, -0.1) is 13.2 Å². The number of ether oxygens (including phenoxy) is 3. The Bertz CT molecular complexity index is 713. The number of aliphatic hydroxyl groups excluding tert-OH is 1. The van der Waals surface area contributed by atoms with Gasteiger partial charge in [0.15, 0.2) is 0 Å². The van der Waals surface area contributed by atoms with Crippen LogP contribution in [0.4, 0.5) is 13.2 Å². The molecule has 0 saturated carbocycles. The Hall–Kier alpha value is -2.53. The fourth-order valence-corrected chi connectivity index (χ4v) is 2.67. The predicted octanol–water partition coefficient (Wildman–Crippen LogP) is 1.46. The van der Waals surface area contributed by atoms with Gasteiger partial charge in [-0.2, -0.15) is 0 Å². The molecule has 1 unspecified atom stereocenters. The minimum Gasteiger partial charge on any atom is -0.496 e. The lowest BCUT2D eigenvalue weighted by molar-refractivity contribution is -0.274. The number of hydrogen-bond donors (Lipinski definition) is 2. The van der Waals surface area contributed by atoms with Crippen molar-refractivity contribution in [3.63, 3.8) is 0 Å². The van der Waals surface area contributed by atoms with Crippen LogP contribution in [0.3, 0.4) is 0 Å². The van der Waals surface area contributed by atoms with E-state index < -0.39 is 36.1 Å². The normalized spacial score (nSPS) is 13.4. The van der Waals surface area contributed by atoms with E-state index >= 15 is 0 Å². The molecule has 0 bridgehead atoms. The van der Waals surface area contributed by atoms with Crippen molar-refractivity contribution < 1.29 is 42.1 Å². The first-order chi connectivity index (χ1) is 13.5. The maximum Gasteiger partial charge on any atom is 0.573 e. The standard InChI is InChI=1S/C18H25F3N2O6/c1-12(25)23(7-8-27-3)17(2,11-24)16(26)22-10-13-9-14(29-18(19,20)21)5-6-15(13)28-4/h5-6,9,24H,7-8,10-11H2,1-4H3,(H,22,26). The molecule has 1 aromatic carbocycles. The molecule has 0 radical (unpaired) electrons. The van der Waals surface area contributed by atoms with Crippen molar-refractivity contribution in [2.75, 3.05) is 34.0 Å². The molecule has 0 heterocycles. The third-order valence-corrected chi connectivity index (χ3v) is 4.22. The minimum absolute atomic E-state index is 0.0640. The Morgan fingerprint density at radius 1 is 1.24 bits per heavy atom. The average molecular weight is 422 g/mol. The first-order valence-corrected chi connectivity index (χ1v) is 8.57. The number of benzene rings is 1. The van der Waals surface area contributed by atoms with E-state index in [1.165, 1.54) is 34.1 Å². The Labute approximate surface area is 166 Å². The maximum absolute atomic E-state index is 12.7. The molecule has 8 nitrogen and oxygen atoms in total. The average Bonchev–Trinajstić information content (AvgIpc) is 2.64. The van der Waals surface area contributed by atoms with Crippen molar-refractivity contribution >= 4 is 11.8 Å². The third-order valence-electron chi connectivity index (χ3n) is 4.22. The number of aliphatic hydroxyl groups is 1. The van der Waals surface area contributed by atoms with Crippen molar-refractivity contribution in [1.82, 2.24) is 10.2 Å². The minimum atomic E-state index is -4.87. The van der Waals surface area contributed by atoms with Crippen LogP contribution in [0.5, 0.6) is 11.5 Å². The number of hydrogen-bond acceptors (Lipinski definition) is 6. The first-order valence-electron chi connectivity index (χ1n) is 8.57. The molecule has 164 valence electrons. The molecule has 0 aromatic heterocycles. The molecule has 1 atom stereocenters.